The van der Waals surface area contributed by atoms with Crippen molar-refractivity contribution in [2.45, 2.75) is 47.5 Å². The third kappa shape index (κ3) is 5.95. The molecule has 1 unspecified atom stereocenters. The number of piperazine rings is 1. The highest BCUT2D eigenvalue weighted by atomic mass is 16.5. The topological polar surface area (TPSA) is 32.8 Å². The average molecular weight is 298 g/mol. The van der Waals surface area contributed by atoms with Crippen molar-refractivity contribution in [2.24, 2.45) is 10.8 Å². The number of methoxy groups -OCH3 is 1. The van der Waals surface area contributed by atoms with E-state index in [2.05, 4.69) is 32.6 Å². The monoisotopic (exact) mass is 298 g/mol. The van der Waals surface area contributed by atoms with Crippen LogP contribution in [0.15, 0.2) is 0 Å². The van der Waals surface area contributed by atoms with E-state index in [0.717, 1.165) is 52.2 Å². The van der Waals surface area contributed by atoms with Gasteiger partial charge in [-0.1, -0.05) is 27.7 Å². The van der Waals surface area contributed by atoms with Crippen molar-refractivity contribution in [2.75, 3.05) is 46.4 Å². The first-order valence-electron chi connectivity index (χ1n) is 8.18. The van der Waals surface area contributed by atoms with Crippen molar-refractivity contribution in [1.82, 2.24) is 9.80 Å². The van der Waals surface area contributed by atoms with E-state index < -0.39 is 0 Å². The minimum Gasteiger partial charge on any atom is -0.384 e. The van der Waals surface area contributed by atoms with Gasteiger partial charge in [0, 0.05) is 46.8 Å². The Balaban J connectivity index is 2.51. The Bertz CT molecular complexity index is 336. The molecule has 21 heavy (non-hydrogen) atoms. The number of rotatable bonds is 7. The molecule has 1 aliphatic rings. The van der Waals surface area contributed by atoms with E-state index >= 15 is 0 Å². The summed E-state index contributed by atoms with van der Waals surface area (Å²) in [5.74, 6) is 0.201. The Labute approximate surface area is 130 Å². The molecule has 0 radical (unpaired) electrons. The molecule has 1 fully saturated rings. The molecule has 124 valence electrons. The highest BCUT2D eigenvalue weighted by Crippen LogP contribution is 2.37. The van der Waals surface area contributed by atoms with Gasteiger partial charge in [0.25, 0.3) is 0 Å². The molecule has 1 heterocycles. The van der Waals surface area contributed by atoms with E-state index in [1.165, 1.54) is 0 Å². The highest BCUT2D eigenvalue weighted by molar-refractivity contribution is 5.73. The van der Waals surface area contributed by atoms with Gasteiger partial charge in [-0.2, -0.15) is 0 Å². The van der Waals surface area contributed by atoms with Crippen molar-refractivity contribution < 1.29 is 9.53 Å². The van der Waals surface area contributed by atoms with Crippen LogP contribution in [0.4, 0.5) is 0 Å². The highest BCUT2D eigenvalue weighted by Gasteiger charge is 2.33. The number of nitrogens with zero attached hydrogens (tertiary/aromatic N) is 2. The van der Waals surface area contributed by atoms with Crippen LogP contribution in [0.3, 0.4) is 0 Å². The number of hydrogen-bond acceptors (Lipinski definition) is 3. The molecule has 1 aliphatic heterocycles. The lowest BCUT2D eigenvalue weighted by Gasteiger charge is -2.42. The SMILES string of the molecule is CCC(C)(COC)CC(C)(C)CN1CCN(C(C)=O)CC1. The summed E-state index contributed by atoms with van der Waals surface area (Å²) in [5, 5.41) is 0. The van der Waals surface area contributed by atoms with Crippen molar-refractivity contribution in [3.05, 3.63) is 0 Å². The largest absolute Gasteiger partial charge is 0.384 e. The fourth-order valence-corrected chi connectivity index (χ4v) is 3.66. The molecular formula is C17H34N2O2. The molecule has 4 heteroatoms. The van der Waals surface area contributed by atoms with Crippen LogP contribution in [0.2, 0.25) is 0 Å². The number of ether oxygens (including phenoxy) is 1. The first-order valence-corrected chi connectivity index (χ1v) is 8.18. The summed E-state index contributed by atoms with van der Waals surface area (Å²) in [6.07, 6.45) is 2.31. The normalized spacial score (nSPS) is 20.4. The van der Waals surface area contributed by atoms with Crippen LogP contribution in [0.1, 0.15) is 47.5 Å². The van der Waals surface area contributed by atoms with Gasteiger partial charge in [-0.15, -0.1) is 0 Å². The van der Waals surface area contributed by atoms with Crippen LogP contribution in [-0.4, -0.2) is 62.1 Å². The molecule has 0 aromatic carbocycles. The van der Waals surface area contributed by atoms with Gasteiger partial charge in [-0.3, -0.25) is 9.69 Å². The third-order valence-electron chi connectivity index (χ3n) is 4.72. The third-order valence-corrected chi connectivity index (χ3v) is 4.72. The van der Waals surface area contributed by atoms with E-state index in [9.17, 15) is 4.79 Å². The van der Waals surface area contributed by atoms with Crippen LogP contribution >= 0.6 is 0 Å². The van der Waals surface area contributed by atoms with Crippen molar-refractivity contribution in [3.63, 3.8) is 0 Å². The fourth-order valence-electron chi connectivity index (χ4n) is 3.66. The van der Waals surface area contributed by atoms with Gasteiger partial charge in [0.15, 0.2) is 0 Å². The van der Waals surface area contributed by atoms with Crippen LogP contribution in [0, 0.1) is 10.8 Å². The standard InChI is InChI=1S/C17H34N2O2/c1-7-17(5,14-21-6)12-16(3,4)13-18-8-10-19(11-9-18)15(2)20/h7-14H2,1-6H3. The molecule has 0 N–H and O–H groups in total. The van der Waals surface area contributed by atoms with Gasteiger partial charge in [0.2, 0.25) is 5.91 Å². The lowest BCUT2D eigenvalue weighted by atomic mass is 9.72. The Morgan fingerprint density at radius 1 is 1.14 bits per heavy atom. The zero-order valence-corrected chi connectivity index (χ0v) is 14.9. The molecule has 1 rings (SSSR count). The Kier molecular flexibility index (Phi) is 6.67. The van der Waals surface area contributed by atoms with Crippen LogP contribution in [0.25, 0.3) is 0 Å². The Morgan fingerprint density at radius 3 is 2.14 bits per heavy atom. The van der Waals surface area contributed by atoms with Gasteiger partial charge in [-0.05, 0) is 23.7 Å². The maximum Gasteiger partial charge on any atom is 0.219 e. The number of hydrogen-bond donors (Lipinski definition) is 0. The molecule has 0 spiro atoms. The van der Waals surface area contributed by atoms with E-state index in [1.807, 2.05) is 4.90 Å². The first kappa shape index (κ1) is 18.4. The molecule has 0 bridgehead atoms. The second kappa shape index (κ2) is 7.59. The van der Waals surface area contributed by atoms with E-state index in [0.29, 0.717) is 0 Å². The summed E-state index contributed by atoms with van der Waals surface area (Å²) in [6.45, 7) is 16.6. The second-order valence-corrected chi connectivity index (χ2v) is 7.72. The second-order valence-electron chi connectivity index (χ2n) is 7.72. The van der Waals surface area contributed by atoms with Crippen LogP contribution in [-0.2, 0) is 9.53 Å². The Hall–Kier alpha value is -0.610. The molecule has 0 saturated carbocycles. The maximum atomic E-state index is 11.4. The van der Waals surface area contributed by atoms with Gasteiger partial charge in [0.05, 0.1) is 6.61 Å². The zero-order chi connectivity index (χ0) is 16.1. The summed E-state index contributed by atoms with van der Waals surface area (Å²) in [4.78, 5) is 15.8. The predicted octanol–water partition coefficient (Wildman–Crippen LogP) is 2.63. The quantitative estimate of drug-likeness (QED) is 0.724. The summed E-state index contributed by atoms with van der Waals surface area (Å²) < 4.78 is 5.42. The molecule has 1 amide bonds. The minimum absolute atomic E-state index is 0.201. The molecular weight excluding hydrogens is 264 g/mol. The lowest BCUT2D eigenvalue weighted by molar-refractivity contribution is -0.130. The Morgan fingerprint density at radius 2 is 1.71 bits per heavy atom. The first-order chi connectivity index (χ1) is 9.71. The van der Waals surface area contributed by atoms with Crippen molar-refractivity contribution >= 4 is 5.91 Å². The van der Waals surface area contributed by atoms with Crippen molar-refractivity contribution in [3.8, 4) is 0 Å². The van der Waals surface area contributed by atoms with Crippen LogP contribution in [0.5, 0.6) is 0 Å². The van der Waals surface area contributed by atoms with Gasteiger partial charge >= 0.3 is 0 Å². The van der Waals surface area contributed by atoms with E-state index in [4.69, 9.17) is 4.74 Å². The van der Waals surface area contributed by atoms with Gasteiger partial charge in [-0.25, -0.2) is 0 Å². The van der Waals surface area contributed by atoms with Gasteiger partial charge < -0.3 is 9.64 Å². The predicted molar refractivity (Wildman–Crippen MR) is 87.4 cm³/mol. The molecule has 1 saturated heterocycles. The van der Waals surface area contributed by atoms with Crippen LogP contribution < -0.4 is 0 Å². The molecule has 0 aromatic heterocycles. The summed E-state index contributed by atoms with van der Waals surface area (Å²) in [6, 6.07) is 0. The average Bonchev–Trinajstić information content (AvgIpc) is 2.38. The molecule has 4 nitrogen and oxygen atoms in total. The number of amides is 1. The maximum absolute atomic E-state index is 11.4. The fraction of sp³-hybridized carbons (Fsp3) is 0.941. The van der Waals surface area contributed by atoms with E-state index in [-0.39, 0.29) is 16.7 Å². The smallest absolute Gasteiger partial charge is 0.219 e. The summed E-state index contributed by atoms with van der Waals surface area (Å²) in [7, 11) is 1.79. The summed E-state index contributed by atoms with van der Waals surface area (Å²) >= 11 is 0. The number of carbonyl (C=O) groups excluding carboxylic acids is 1. The zero-order valence-electron chi connectivity index (χ0n) is 14.9. The molecule has 0 aliphatic carbocycles. The van der Waals surface area contributed by atoms with Crippen molar-refractivity contribution in [1.29, 1.82) is 0 Å². The number of carbonyl (C=O) groups is 1. The lowest BCUT2D eigenvalue weighted by Crippen LogP contribution is -2.50. The minimum atomic E-state index is 0.201. The molecule has 0 aromatic rings. The van der Waals surface area contributed by atoms with Gasteiger partial charge in [0.1, 0.15) is 0 Å². The van der Waals surface area contributed by atoms with E-state index in [1.54, 1.807) is 14.0 Å². The molecule has 1 atom stereocenters. The summed E-state index contributed by atoms with van der Waals surface area (Å²) in [5.41, 5.74) is 0.515.